The Hall–Kier alpha value is -1.19. The monoisotopic (exact) mass is 232 g/mol. The topological polar surface area (TPSA) is 46.3 Å². The van der Waals surface area contributed by atoms with E-state index < -0.39 is 0 Å². The van der Waals surface area contributed by atoms with Gasteiger partial charge in [0.05, 0.1) is 0 Å². The third kappa shape index (κ3) is 3.38. The molecule has 0 atom stereocenters. The molecule has 2 rings (SSSR count). The fraction of sp³-hybridized carbons (Fsp3) is 0.500. The summed E-state index contributed by atoms with van der Waals surface area (Å²) in [6.07, 6.45) is 3.06. The highest BCUT2D eigenvalue weighted by molar-refractivity contribution is 5.96. The van der Waals surface area contributed by atoms with Crippen molar-refractivity contribution >= 4 is 5.78 Å². The first-order chi connectivity index (χ1) is 8.29. The Balaban J connectivity index is 1.94. The zero-order chi connectivity index (χ0) is 12.1. The molecule has 1 aliphatic heterocycles. The van der Waals surface area contributed by atoms with Gasteiger partial charge in [0.2, 0.25) is 0 Å². The first-order valence-corrected chi connectivity index (χ1v) is 6.34. The number of carbonyl (C=O) groups excluding carboxylic acids is 1. The molecular weight excluding hydrogens is 212 g/mol. The van der Waals surface area contributed by atoms with Gasteiger partial charge in [-0.25, -0.2) is 0 Å². The number of likely N-dealkylation sites (tertiary alicyclic amines) is 1. The van der Waals surface area contributed by atoms with Gasteiger partial charge in [0.25, 0.3) is 0 Å². The fourth-order valence-electron chi connectivity index (χ4n) is 2.27. The lowest BCUT2D eigenvalue weighted by atomic mass is 10.1. The van der Waals surface area contributed by atoms with Crippen LogP contribution in [0.25, 0.3) is 0 Å². The number of hydrogen-bond acceptors (Lipinski definition) is 3. The second-order valence-electron chi connectivity index (χ2n) is 4.64. The van der Waals surface area contributed by atoms with Crippen LogP contribution in [-0.4, -0.2) is 30.3 Å². The molecule has 17 heavy (non-hydrogen) atoms. The highest BCUT2D eigenvalue weighted by Crippen LogP contribution is 2.13. The minimum atomic E-state index is 0.139. The van der Waals surface area contributed by atoms with E-state index in [1.807, 2.05) is 12.1 Å². The molecule has 1 aromatic carbocycles. The maximum atomic E-state index is 11.6. The zero-order valence-corrected chi connectivity index (χ0v) is 10.2. The Morgan fingerprint density at radius 3 is 2.41 bits per heavy atom. The number of ketones is 1. The molecule has 0 saturated carbocycles. The van der Waals surface area contributed by atoms with E-state index in [1.165, 1.54) is 31.5 Å². The standard InChI is InChI=1S/C14H20N2O/c15-8-7-14(17)13-5-3-12(4-6-13)11-16-9-1-2-10-16/h3-6H,1-2,7-11,15H2. The molecule has 0 bridgehead atoms. The third-order valence-corrected chi connectivity index (χ3v) is 3.25. The van der Waals surface area contributed by atoms with Gasteiger partial charge < -0.3 is 5.73 Å². The summed E-state index contributed by atoms with van der Waals surface area (Å²) in [7, 11) is 0. The number of hydrogen-bond donors (Lipinski definition) is 1. The third-order valence-electron chi connectivity index (χ3n) is 3.25. The summed E-state index contributed by atoms with van der Waals surface area (Å²) < 4.78 is 0. The summed E-state index contributed by atoms with van der Waals surface area (Å²) in [6, 6.07) is 7.96. The van der Waals surface area contributed by atoms with E-state index in [1.54, 1.807) is 0 Å². The molecule has 0 aromatic heterocycles. The van der Waals surface area contributed by atoms with Crippen molar-refractivity contribution in [1.82, 2.24) is 4.90 Å². The Morgan fingerprint density at radius 2 is 1.82 bits per heavy atom. The molecule has 1 aliphatic rings. The Morgan fingerprint density at radius 1 is 1.18 bits per heavy atom. The maximum absolute atomic E-state index is 11.6. The summed E-state index contributed by atoms with van der Waals surface area (Å²) in [6.45, 7) is 3.83. The molecule has 0 radical (unpaired) electrons. The molecule has 2 N–H and O–H groups in total. The molecule has 1 heterocycles. The maximum Gasteiger partial charge on any atom is 0.164 e. The van der Waals surface area contributed by atoms with Crippen LogP contribution in [0.1, 0.15) is 35.2 Å². The second-order valence-corrected chi connectivity index (χ2v) is 4.64. The molecule has 0 spiro atoms. The molecule has 0 unspecified atom stereocenters. The van der Waals surface area contributed by atoms with Crippen molar-refractivity contribution in [3.05, 3.63) is 35.4 Å². The SMILES string of the molecule is NCCC(=O)c1ccc(CN2CCCC2)cc1. The lowest BCUT2D eigenvalue weighted by Gasteiger charge is -2.14. The number of nitrogens with two attached hydrogens (primary N) is 1. The number of benzene rings is 1. The minimum Gasteiger partial charge on any atom is -0.330 e. The van der Waals surface area contributed by atoms with Crippen molar-refractivity contribution in [1.29, 1.82) is 0 Å². The Bertz CT molecular complexity index is 366. The predicted octanol–water partition coefficient (Wildman–Crippen LogP) is 1.81. The molecule has 0 aliphatic carbocycles. The van der Waals surface area contributed by atoms with Crippen molar-refractivity contribution in [2.75, 3.05) is 19.6 Å². The van der Waals surface area contributed by atoms with Crippen LogP contribution in [0, 0.1) is 0 Å². The van der Waals surface area contributed by atoms with Gasteiger partial charge in [0.15, 0.2) is 5.78 Å². The molecule has 0 amide bonds. The van der Waals surface area contributed by atoms with Crippen LogP contribution in [0.3, 0.4) is 0 Å². The predicted molar refractivity (Wildman–Crippen MR) is 69.0 cm³/mol. The summed E-state index contributed by atoms with van der Waals surface area (Å²) >= 11 is 0. The largest absolute Gasteiger partial charge is 0.330 e. The van der Waals surface area contributed by atoms with E-state index >= 15 is 0 Å². The second kappa shape index (κ2) is 5.94. The van der Waals surface area contributed by atoms with Gasteiger partial charge in [-0.2, -0.15) is 0 Å². The van der Waals surface area contributed by atoms with Crippen LogP contribution in [0.5, 0.6) is 0 Å². The number of nitrogens with zero attached hydrogens (tertiary/aromatic N) is 1. The lowest BCUT2D eigenvalue weighted by Crippen LogP contribution is -2.18. The average molecular weight is 232 g/mol. The fourth-order valence-corrected chi connectivity index (χ4v) is 2.27. The summed E-state index contributed by atoms with van der Waals surface area (Å²) in [5.74, 6) is 0.139. The van der Waals surface area contributed by atoms with Gasteiger partial charge in [0, 0.05) is 18.5 Å². The molecule has 1 aromatic rings. The van der Waals surface area contributed by atoms with Gasteiger partial charge >= 0.3 is 0 Å². The Labute approximate surface area is 103 Å². The van der Waals surface area contributed by atoms with Gasteiger partial charge in [0.1, 0.15) is 0 Å². The lowest BCUT2D eigenvalue weighted by molar-refractivity contribution is 0.0985. The van der Waals surface area contributed by atoms with Gasteiger partial charge in [-0.05, 0) is 38.0 Å². The molecule has 3 nitrogen and oxygen atoms in total. The number of carbonyl (C=O) groups is 1. The molecular formula is C14H20N2O. The van der Waals surface area contributed by atoms with Crippen LogP contribution in [0.15, 0.2) is 24.3 Å². The van der Waals surface area contributed by atoms with Gasteiger partial charge in [-0.15, -0.1) is 0 Å². The van der Waals surface area contributed by atoms with E-state index in [4.69, 9.17) is 5.73 Å². The highest BCUT2D eigenvalue weighted by atomic mass is 16.1. The van der Waals surface area contributed by atoms with E-state index in [2.05, 4.69) is 17.0 Å². The van der Waals surface area contributed by atoms with Crippen molar-refractivity contribution in [2.45, 2.75) is 25.8 Å². The number of rotatable bonds is 5. The van der Waals surface area contributed by atoms with Crippen LogP contribution >= 0.6 is 0 Å². The van der Waals surface area contributed by atoms with Crippen LogP contribution in [-0.2, 0) is 6.54 Å². The van der Waals surface area contributed by atoms with Gasteiger partial charge in [-0.3, -0.25) is 9.69 Å². The number of Topliss-reactive ketones (excluding diaryl/α,β-unsaturated/α-hetero) is 1. The Kier molecular flexibility index (Phi) is 4.29. The first kappa shape index (κ1) is 12.3. The van der Waals surface area contributed by atoms with Crippen molar-refractivity contribution in [3.8, 4) is 0 Å². The average Bonchev–Trinajstić information content (AvgIpc) is 2.83. The van der Waals surface area contributed by atoms with E-state index in [0.717, 1.165) is 12.1 Å². The van der Waals surface area contributed by atoms with Crippen molar-refractivity contribution in [3.63, 3.8) is 0 Å². The highest BCUT2D eigenvalue weighted by Gasteiger charge is 2.11. The van der Waals surface area contributed by atoms with Crippen LogP contribution < -0.4 is 5.73 Å². The molecule has 3 heteroatoms. The van der Waals surface area contributed by atoms with Crippen LogP contribution in [0.2, 0.25) is 0 Å². The van der Waals surface area contributed by atoms with Gasteiger partial charge in [-0.1, -0.05) is 24.3 Å². The summed E-state index contributed by atoms with van der Waals surface area (Å²) in [5.41, 5.74) is 7.44. The quantitative estimate of drug-likeness (QED) is 0.788. The molecule has 92 valence electrons. The van der Waals surface area contributed by atoms with E-state index in [0.29, 0.717) is 13.0 Å². The van der Waals surface area contributed by atoms with E-state index in [-0.39, 0.29) is 5.78 Å². The summed E-state index contributed by atoms with van der Waals surface area (Å²) in [4.78, 5) is 14.1. The molecule has 1 saturated heterocycles. The van der Waals surface area contributed by atoms with E-state index in [9.17, 15) is 4.79 Å². The molecule has 1 fully saturated rings. The van der Waals surface area contributed by atoms with Crippen LogP contribution in [0.4, 0.5) is 0 Å². The summed E-state index contributed by atoms with van der Waals surface area (Å²) in [5, 5.41) is 0. The first-order valence-electron chi connectivity index (χ1n) is 6.34. The smallest absolute Gasteiger partial charge is 0.164 e. The zero-order valence-electron chi connectivity index (χ0n) is 10.2. The minimum absolute atomic E-state index is 0.139. The van der Waals surface area contributed by atoms with Crippen molar-refractivity contribution in [2.24, 2.45) is 5.73 Å². The van der Waals surface area contributed by atoms with Crippen molar-refractivity contribution < 1.29 is 4.79 Å². The normalized spacial score (nSPS) is 16.3.